The van der Waals surface area contributed by atoms with Gasteiger partial charge in [-0.1, -0.05) is 24.3 Å². The zero-order chi connectivity index (χ0) is 12.3. The lowest BCUT2D eigenvalue weighted by atomic mass is 10.0. The summed E-state index contributed by atoms with van der Waals surface area (Å²) in [4.78, 5) is 0. The van der Waals surface area contributed by atoms with E-state index in [1.165, 1.54) is 0 Å². The van der Waals surface area contributed by atoms with Crippen LogP contribution in [-0.4, -0.2) is 12.6 Å². The Balaban J connectivity index is 2.48. The van der Waals surface area contributed by atoms with Crippen molar-refractivity contribution in [3.05, 3.63) is 42.0 Å². The van der Waals surface area contributed by atoms with E-state index in [0.29, 0.717) is 5.56 Å². The molecule has 86 valence electrons. The Morgan fingerprint density at radius 3 is 2.59 bits per heavy atom. The van der Waals surface area contributed by atoms with Crippen molar-refractivity contribution in [1.82, 2.24) is 0 Å². The number of hydrogen-bond acceptors (Lipinski definition) is 3. The van der Waals surface area contributed by atoms with Gasteiger partial charge in [-0.2, -0.15) is 5.26 Å². The van der Waals surface area contributed by atoms with Gasteiger partial charge in [0, 0.05) is 29.0 Å². The van der Waals surface area contributed by atoms with Crippen LogP contribution < -0.4 is 11.1 Å². The summed E-state index contributed by atoms with van der Waals surface area (Å²) in [6.45, 7) is 2.68. The lowest BCUT2D eigenvalue weighted by Crippen LogP contribution is -2.25. The van der Waals surface area contributed by atoms with Crippen LogP contribution in [-0.2, 0) is 0 Å². The Hall–Kier alpha value is -2.05. The summed E-state index contributed by atoms with van der Waals surface area (Å²) in [5, 5.41) is 14.4. The van der Waals surface area contributed by atoms with Crippen LogP contribution in [0.25, 0.3) is 10.8 Å². The van der Waals surface area contributed by atoms with Gasteiger partial charge in [0.05, 0.1) is 11.6 Å². The molecule has 1 atom stereocenters. The molecule has 2 rings (SSSR count). The van der Waals surface area contributed by atoms with Crippen LogP contribution in [0.1, 0.15) is 12.5 Å². The molecule has 0 aliphatic heterocycles. The maximum atomic E-state index is 9.05. The van der Waals surface area contributed by atoms with Gasteiger partial charge in [-0.05, 0) is 19.1 Å². The maximum Gasteiger partial charge on any atom is 0.0998 e. The topological polar surface area (TPSA) is 61.8 Å². The standard InChI is InChI=1S/C14H15N3/c1-10(16)9-17-14-7-6-11(8-15)12-4-2-3-5-13(12)14/h2-7,10,17H,9,16H2,1H3. The zero-order valence-electron chi connectivity index (χ0n) is 9.77. The molecule has 17 heavy (non-hydrogen) atoms. The number of nitrogens with one attached hydrogen (secondary N) is 1. The lowest BCUT2D eigenvalue weighted by molar-refractivity contribution is 0.781. The Kier molecular flexibility index (Phi) is 3.27. The van der Waals surface area contributed by atoms with Gasteiger partial charge in [-0.25, -0.2) is 0 Å². The molecule has 0 aromatic heterocycles. The number of rotatable bonds is 3. The molecule has 3 heteroatoms. The molecule has 3 nitrogen and oxygen atoms in total. The normalized spacial score (nSPS) is 12.1. The third kappa shape index (κ3) is 2.38. The van der Waals surface area contributed by atoms with Crippen LogP contribution in [0.4, 0.5) is 5.69 Å². The van der Waals surface area contributed by atoms with Crippen LogP contribution in [0, 0.1) is 11.3 Å². The van der Waals surface area contributed by atoms with E-state index < -0.39 is 0 Å². The van der Waals surface area contributed by atoms with E-state index in [1.54, 1.807) is 0 Å². The second kappa shape index (κ2) is 4.86. The summed E-state index contributed by atoms with van der Waals surface area (Å²) in [6, 6.07) is 14.0. The highest BCUT2D eigenvalue weighted by Gasteiger charge is 2.05. The number of benzene rings is 2. The first-order valence-corrected chi connectivity index (χ1v) is 5.63. The molecule has 0 spiro atoms. The van der Waals surface area contributed by atoms with Gasteiger partial charge < -0.3 is 11.1 Å². The molecule has 2 aromatic rings. The van der Waals surface area contributed by atoms with E-state index in [-0.39, 0.29) is 6.04 Å². The monoisotopic (exact) mass is 225 g/mol. The largest absolute Gasteiger partial charge is 0.383 e. The van der Waals surface area contributed by atoms with Crippen molar-refractivity contribution in [2.24, 2.45) is 5.73 Å². The average molecular weight is 225 g/mol. The Morgan fingerprint density at radius 2 is 1.94 bits per heavy atom. The van der Waals surface area contributed by atoms with E-state index in [1.807, 2.05) is 43.3 Å². The van der Waals surface area contributed by atoms with Gasteiger partial charge >= 0.3 is 0 Å². The molecule has 0 fully saturated rings. The SMILES string of the molecule is CC(N)CNc1ccc(C#N)c2ccccc12. The third-order valence-corrected chi connectivity index (χ3v) is 2.66. The summed E-state index contributed by atoms with van der Waals surface area (Å²) < 4.78 is 0. The van der Waals surface area contributed by atoms with Crippen molar-refractivity contribution < 1.29 is 0 Å². The van der Waals surface area contributed by atoms with Crippen LogP contribution >= 0.6 is 0 Å². The van der Waals surface area contributed by atoms with Gasteiger partial charge in [0.25, 0.3) is 0 Å². The molecule has 0 saturated carbocycles. The van der Waals surface area contributed by atoms with Crippen molar-refractivity contribution in [3.8, 4) is 6.07 Å². The predicted octanol–water partition coefficient (Wildman–Crippen LogP) is 2.47. The van der Waals surface area contributed by atoms with Gasteiger partial charge in [0.1, 0.15) is 0 Å². The van der Waals surface area contributed by atoms with Gasteiger partial charge in [0.2, 0.25) is 0 Å². The van der Waals surface area contributed by atoms with Crippen LogP contribution in [0.3, 0.4) is 0 Å². The van der Waals surface area contributed by atoms with E-state index in [9.17, 15) is 0 Å². The highest BCUT2D eigenvalue weighted by atomic mass is 14.9. The molecule has 3 N–H and O–H groups in total. The Morgan fingerprint density at radius 1 is 1.24 bits per heavy atom. The van der Waals surface area contributed by atoms with E-state index >= 15 is 0 Å². The first kappa shape index (κ1) is 11.4. The minimum absolute atomic E-state index is 0.101. The molecule has 0 bridgehead atoms. The van der Waals surface area contributed by atoms with Crippen LogP contribution in [0.5, 0.6) is 0 Å². The fourth-order valence-corrected chi connectivity index (χ4v) is 1.82. The van der Waals surface area contributed by atoms with Crippen LogP contribution in [0.15, 0.2) is 36.4 Å². The van der Waals surface area contributed by atoms with Crippen molar-refractivity contribution in [1.29, 1.82) is 5.26 Å². The second-order valence-corrected chi connectivity index (χ2v) is 4.18. The first-order chi connectivity index (χ1) is 8.22. The number of nitrogens with zero attached hydrogens (tertiary/aromatic N) is 1. The predicted molar refractivity (Wildman–Crippen MR) is 70.8 cm³/mol. The molecule has 0 aliphatic carbocycles. The van der Waals surface area contributed by atoms with Crippen molar-refractivity contribution in [2.45, 2.75) is 13.0 Å². The van der Waals surface area contributed by atoms with Gasteiger partial charge in [0.15, 0.2) is 0 Å². The summed E-state index contributed by atoms with van der Waals surface area (Å²) in [5.74, 6) is 0. The fourth-order valence-electron chi connectivity index (χ4n) is 1.82. The maximum absolute atomic E-state index is 9.05. The summed E-state index contributed by atoms with van der Waals surface area (Å²) in [7, 11) is 0. The molecule has 0 heterocycles. The Bertz CT molecular complexity index is 567. The minimum atomic E-state index is 0.101. The van der Waals surface area contributed by atoms with Gasteiger partial charge in [-0.15, -0.1) is 0 Å². The average Bonchev–Trinajstić information content (AvgIpc) is 2.35. The fraction of sp³-hybridized carbons (Fsp3) is 0.214. The van der Waals surface area contributed by atoms with E-state index in [2.05, 4.69) is 11.4 Å². The molecule has 1 unspecified atom stereocenters. The van der Waals surface area contributed by atoms with Crippen LogP contribution in [0.2, 0.25) is 0 Å². The number of anilines is 1. The molecular formula is C14H15N3. The number of fused-ring (bicyclic) bond motifs is 1. The molecule has 2 aromatic carbocycles. The summed E-state index contributed by atoms with van der Waals surface area (Å²) >= 11 is 0. The second-order valence-electron chi connectivity index (χ2n) is 4.18. The smallest absolute Gasteiger partial charge is 0.0998 e. The Labute approximate surface area is 101 Å². The lowest BCUT2D eigenvalue weighted by Gasteiger charge is -2.12. The molecule has 0 aliphatic rings. The highest BCUT2D eigenvalue weighted by molar-refractivity contribution is 5.97. The van der Waals surface area contributed by atoms with Crippen molar-refractivity contribution in [3.63, 3.8) is 0 Å². The molecule has 0 saturated heterocycles. The first-order valence-electron chi connectivity index (χ1n) is 5.63. The molecule has 0 radical (unpaired) electrons. The van der Waals surface area contributed by atoms with Gasteiger partial charge in [-0.3, -0.25) is 0 Å². The summed E-state index contributed by atoms with van der Waals surface area (Å²) in [5.41, 5.74) is 7.45. The van der Waals surface area contributed by atoms with Crippen molar-refractivity contribution in [2.75, 3.05) is 11.9 Å². The summed E-state index contributed by atoms with van der Waals surface area (Å²) in [6.07, 6.45) is 0. The third-order valence-electron chi connectivity index (χ3n) is 2.66. The van der Waals surface area contributed by atoms with Crippen molar-refractivity contribution >= 4 is 16.5 Å². The minimum Gasteiger partial charge on any atom is -0.383 e. The molecule has 0 amide bonds. The number of hydrogen-bond donors (Lipinski definition) is 2. The molecular weight excluding hydrogens is 210 g/mol. The quantitative estimate of drug-likeness (QED) is 0.843. The zero-order valence-corrected chi connectivity index (χ0v) is 9.77. The highest BCUT2D eigenvalue weighted by Crippen LogP contribution is 2.26. The number of nitrogens with two attached hydrogens (primary N) is 1. The van der Waals surface area contributed by atoms with E-state index in [0.717, 1.165) is 23.0 Å². The van der Waals surface area contributed by atoms with E-state index in [4.69, 9.17) is 11.0 Å². The number of nitriles is 1.